The van der Waals surface area contributed by atoms with Gasteiger partial charge in [-0.1, -0.05) is 52.3 Å². The topological polar surface area (TPSA) is 66.9 Å². The lowest BCUT2D eigenvalue weighted by Crippen LogP contribution is -2.11. The summed E-state index contributed by atoms with van der Waals surface area (Å²) in [6, 6.07) is 26.7. The quantitative estimate of drug-likeness (QED) is 0.372. The molecule has 0 aliphatic carbocycles. The van der Waals surface area contributed by atoms with Crippen LogP contribution in [0, 0.1) is 6.92 Å². The SMILES string of the molecule is Cc1nc(Nc2cccc(NC(=O)c3ccc(Br)cc3)c2)cc(-c2ccccc2)n1. The van der Waals surface area contributed by atoms with Gasteiger partial charge in [0.2, 0.25) is 0 Å². The van der Waals surface area contributed by atoms with Gasteiger partial charge in [0.15, 0.2) is 0 Å². The van der Waals surface area contributed by atoms with Crippen LogP contribution in [-0.4, -0.2) is 15.9 Å². The van der Waals surface area contributed by atoms with Crippen molar-refractivity contribution in [1.29, 1.82) is 0 Å². The minimum absolute atomic E-state index is 0.163. The van der Waals surface area contributed by atoms with Gasteiger partial charge < -0.3 is 10.6 Å². The van der Waals surface area contributed by atoms with Crippen molar-refractivity contribution in [1.82, 2.24) is 9.97 Å². The van der Waals surface area contributed by atoms with Gasteiger partial charge in [-0.15, -0.1) is 0 Å². The van der Waals surface area contributed by atoms with Gasteiger partial charge in [0.1, 0.15) is 11.6 Å². The summed E-state index contributed by atoms with van der Waals surface area (Å²) in [6.45, 7) is 1.87. The second kappa shape index (κ2) is 8.88. The lowest BCUT2D eigenvalue weighted by atomic mass is 10.1. The van der Waals surface area contributed by atoms with E-state index in [1.165, 1.54) is 0 Å². The number of nitrogens with zero attached hydrogens (tertiary/aromatic N) is 2. The van der Waals surface area contributed by atoms with E-state index < -0.39 is 0 Å². The molecule has 0 aliphatic heterocycles. The Balaban J connectivity index is 1.53. The van der Waals surface area contributed by atoms with Crippen LogP contribution in [0.1, 0.15) is 16.2 Å². The first kappa shape index (κ1) is 19.8. The summed E-state index contributed by atoms with van der Waals surface area (Å²) >= 11 is 3.38. The molecule has 0 spiro atoms. The number of benzene rings is 3. The Labute approximate surface area is 183 Å². The predicted octanol–water partition coefficient (Wildman–Crippen LogP) is 6.21. The van der Waals surface area contributed by atoms with E-state index in [0.717, 1.165) is 21.4 Å². The lowest BCUT2D eigenvalue weighted by molar-refractivity contribution is 0.102. The molecule has 2 N–H and O–H groups in total. The molecule has 5 nitrogen and oxygen atoms in total. The van der Waals surface area contributed by atoms with Crippen molar-refractivity contribution < 1.29 is 4.79 Å². The third-order valence-corrected chi connectivity index (χ3v) is 4.94. The molecule has 30 heavy (non-hydrogen) atoms. The summed E-state index contributed by atoms with van der Waals surface area (Å²) in [7, 11) is 0. The van der Waals surface area contributed by atoms with E-state index >= 15 is 0 Å². The molecule has 0 atom stereocenters. The molecule has 1 aromatic heterocycles. The molecule has 4 aromatic rings. The smallest absolute Gasteiger partial charge is 0.255 e. The monoisotopic (exact) mass is 458 g/mol. The summed E-state index contributed by atoms with van der Waals surface area (Å²) < 4.78 is 0.931. The maximum absolute atomic E-state index is 12.5. The van der Waals surface area contributed by atoms with Gasteiger partial charge in [-0.3, -0.25) is 4.79 Å². The van der Waals surface area contributed by atoms with Crippen LogP contribution in [0.4, 0.5) is 17.2 Å². The Morgan fingerprint density at radius 1 is 0.833 bits per heavy atom. The number of hydrogen-bond acceptors (Lipinski definition) is 4. The van der Waals surface area contributed by atoms with Crippen LogP contribution in [0.5, 0.6) is 0 Å². The molecule has 0 bridgehead atoms. The molecule has 0 saturated heterocycles. The Morgan fingerprint density at radius 3 is 2.33 bits per heavy atom. The summed E-state index contributed by atoms with van der Waals surface area (Å²) in [4.78, 5) is 21.5. The molecule has 1 amide bonds. The molecule has 0 unspecified atom stereocenters. The highest BCUT2D eigenvalue weighted by molar-refractivity contribution is 9.10. The van der Waals surface area contributed by atoms with Gasteiger partial charge in [-0.25, -0.2) is 9.97 Å². The van der Waals surface area contributed by atoms with Crippen LogP contribution in [0.3, 0.4) is 0 Å². The highest BCUT2D eigenvalue weighted by Crippen LogP contribution is 2.24. The maximum atomic E-state index is 12.5. The van der Waals surface area contributed by atoms with Gasteiger partial charge in [0.25, 0.3) is 5.91 Å². The van der Waals surface area contributed by atoms with E-state index in [-0.39, 0.29) is 5.91 Å². The van der Waals surface area contributed by atoms with Gasteiger partial charge in [-0.05, 0) is 49.4 Å². The van der Waals surface area contributed by atoms with E-state index in [9.17, 15) is 4.79 Å². The van der Waals surface area contributed by atoms with E-state index in [1.54, 1.807) is 12.1 Å². The third kappa shape index (κ3) is 4.90. The van der Waals surface area contributed by atoms with E-state index in [1.807, 2.05) is 79.7 Å². The first-order chi connectivity index (χ1) is 14.6. The van der Waals surface area contributed by atoms with Gasteiger partial charge in [0.05, 0.1) is 5.69 Å². The summed E-state index contributed by atoms with van der Waals surface area (Å²) in [5.74, 6) is 1.21. The minimum atomic E-state index is -0.163. The summed E-state index contributed by atoms with van der Waals surface area (Å²) in [6.07, 6.45) is 0. The average Bonchev–Trinajstić information content (AvgIpc) is 2.75. The van der Waals surface area contributed by atoms with E-state index in [4.69, 9.17) is 0 Å². The zero-order valence-electron chi connectivity index (χ0n) is 16.3. The fourth-order valence-electron chi connectivity index (χ4n) is 3.02. The first-order valence-electron chi connectivity index (χ1n) is 9.42. The zero-order valence-corrected chi connectivity index (χ0v) is 17.8. The molecule has 148 valence electrons. The van der Waals surface area contributed by atoms with Crippen molar-refractivity contribution >= 4 is 39.0 Å². The van der Waals surface area contributed by atoms with Crippen LogP contribution in [0.25, 0.3) is 11.3 Å². The molecule has 0 aliphatic rings. The minimum Gasteiger partial charge on any atom is -0.340 e. The fraction of sp³-hybridized carbons (Fsp3) is 0.0417. The summed E-state index contributed by atoms with van der Waals surface area (Å²) in [5, 5.41) is 6.23. The molecular formula is C24H19BrN4O. The highest BCUT2D eigenvalue weighted by Gasteiger charge is 2.08. The van der Waals surface area contributed by atoms with Crippen LogP contribution in [0.15, 0.2) is 89.4 Å². The number of aromatic nitrogens is 2. The van der Waals surface area contributed by atoms with Crippen molar-refractivity contribution in [2.45, 2.75) is 6.92 Å². The Kier molecular flexibility index (Phi) is 5.86. The first-order valence-corrected chi connectivity index (χ1v) is 10.2. The van der Waals surface area contributed by atoms with Crippen LogP contribution >= 0.6 is 15.9 Å². The standard InChI is InChI=1S/C24H19BrN4O/c1-16-26-22(17-6-3-2-4-7-17)15-23(27-16)28-20-8-5-9-21(14-20)29-24(30)18-10-12-19(25)13-11-18/h2-15H,1H3,(H,29,30)(H,26,27,28). The molecule has 6 heteroatoms. The number of carbonyl (C=O) groups excluding carboxylic acids is 1. The molecular weight excluding hydrogens is 440 g/mol. The van der Waals surface area contributed by atoms with E-state index in [0.29, 0.717) is 22.9 Å². The van der Waals surface area contributed by atoms with Crippen LogP contribution in [0.2, 0.25) is 0 Å². The van der Waals surface area contributed by atoms with E-state index in [2.05, 4.69) is 36.5 Å². The van der Waals surface area contributed by atoms with Crippen LogP contribution in [-0.2, 0) is 0 Å². The number of anilines is 3. The number of halogens is 1. The Hall–Kier alpha value is -3.51. The fourth-order valence-corrected chi connectivity index (χ4v) is 3.28. The normalized spacial score (nSPS) is 10.5. The number of hydrogen-bond donors (Lipinski definition) is 2. The largest absolute Gasteiger partial charge is 0.340 e. The summed E-state index contributed by atoms with van der Waals surface area (Å²) in [5.41, 5.74) is 3.99. The van der Waals surface area contributed by atoms with Crippen LogP contribution < -0.4 is 10.6 Å². The van der Waals surface area contributed by atoms with Gasteiger partial charge >= 0.3 is 0 Å². The predicted molar refractivity (Wildman–Crippen MR) is 124 cm³/mol. The molecule has 1 heterocycles. The Morgan fingerprint density at radius 2 is 1.57 bits per heavy atom. The average molecular weight is 459 g/mol. The van der Waals surface area contributed by atoms with Crippen molar-refractivity contribution in [3.63, 3.8) is 0 Å². The molecule has 0 saturated carbocycles. The molecule has 0 radical (unpaired) electrons. The maximum Gasteiger partial charge on any atom is 0.255 e. The van der Waals surface area contributed by atoms with Crippen molar-refractivity contribution in [3.05, 3.63) is 101 Å². The van der Waals surface area contributed by atoms with Gasteiger partial charge in [-0.2, -0.15) is 0 Å². The number of rotatable bonds is 5. The number of carbonyl (C=O) groups is 1. The van der Waals surface area contributed by atoms with Crippen molar-refractivity contribution in [3.8, 4) is 11.3 Å². The lowest BCUT2D eigenvalue weighted by Gasteiger charge is -2.11. The molecule has 4 rings (SSSR count). The molecule has 0 fully saturated rings. The number of amides is 1. The second-order valence-electron chi connectivity index (χ2n) is 6.72. The van der Waals surface area contributed by atoms with Crippen molar-refractivity contribution in [2.24, 2.45) is 0 Å². The van der Waals surface area contributed by atoms with Gasteiger partial charge in [0, 0.05) is 33.0 Å². The Bertz CT molecular complexity index is 1180. The number of nitrogens with one attached hydrogen (secondary N) is 2. The second-order valence-corrected chi connectivity index (χ2v) is 7.63. The number of aryl methyl sites for hydroxylation is 1. The zero-order chi connectivity index (χ0) is 20.9. The van der Waals surface area contributed by atoms with Crippen molar-refractivity contribution in [2.75, 3.05) is 10.6 Å². The highest BCUT2D eigenvalue weighted by atomic mass is 79.9. The third-order valence-electron chi connectivity index (χ3n) is 4.41. The molecule has 3 aromatic carbocycles.